The Morgan fingerprint density at radius 3 is 1.57 bits per heavy atom. The Hall–Kier alpha value is -4.02. The van der Waals surface area contributed by atoms with E-state index in [0.717, 1.165) is 40.0 Å². The summed E-state index contributed by atoms with van der Waals surface area (Å²) in [5.74, 6) is 1.98. The molecule has 0 radical (unpaired) electrons. The van der Waals surface area contributed by atoms with Crippen molar-refractivity contribution in [2.24, 2.45) is 9.54 Å². The van der Waals surface area contributed by atoms with E-state index in [0.29, 0.717) is 49.4 Å². The smallest absolute Gasteiger partial charge is 0.282 e. The molecule has 4 aromatic rings. The SMILES string of the molecule is CSc1ccccc1C=NS(=O)(=O)c1ccc2c(c1)OCCCO2.CSc1ccccc1C=O.NS(=O)(=O)c1ccc2c(c1)OCCCO2. The highest BCUT2D eigenvalue weighted by Gasteiger charge is 2.18. The number of ether oxygens (including phenoxy) is 4. The van der Waals surface area contributed by atoms with Crippen molar-refractivity contribution in [1.29, 1.82) is 0 Å². The number of rotatable bonds is 7. The summed E-state index contributed by atoms with van der Waals surface area (Å²) in [6.07, 6.45) is 7.70. The standard InChI is InChI=1S/C17H17NO4S2.C9H11NO4S.C8H8OS/c1-23-17-6-3-2-5-13(17)12-18-24(19,20)14-7-8-15-16(11-14)22-10-4-9-21-15;10-15(11,12)7-2-3-8-9(6-7)14-5-1-4-13-8;1-10-8-5-3-2-4-7(8)6-9/h2-3,5-8,11-12H,4,9-10H2,1H3;2-3,6H,1,4-5H2,(H2,10,11,12);2-6H,1H3. The number of hydrogen-bond acceptors (Lipinski definition) is 11. The zero-order chi connectivity index (χ0) is 35.3. The second-order valence-electron chi connectivity index (χ2n) is 10.2. The van der Waals surface area contributed by atoms with Gasteiger partial charge in [0.2, 0.25) is 10.0 Å². The summed E-state index contributed by atoms with van der Waals surface area (Å²) in [6.45, 7) is 2.15. The number of primary sulfonamides is 1. The molecule has 6 rings (SSSR count). The molecule has 0 atom stereocenters. The van der Waals surface area contributed by atoms with Crippen LogP contribution in [0.4, 0.5) is 0 Å². The first-order chi connectivity index (χ1) is 23.6. The fourth-order valence-corrected chi connectivity index (χ4v) is 6.89. The van der Waals surface area contributed by atoms with Crippen LogP contribution >= 0.6 is 23.5 Å². The fraction of sp³-hybridized carbons (Fsp3) is 0.235. The molecule has 0 fully saturated rings. The van der Waals surface area contributed by atoms with Crippen molar-refractivity contribution in [1.82, 2.24) is 0 Å². The van der Waals surface area contributed by atoms with Gasteiger partial charge in [0, 0.05) is 52.1 Å². The molecule has 15 heteroatoms. The van der Waals surface area contributed by atoms with E-state index >= 15 is 0 Å². The van der Waals surface area contributed by atoms with E-state index in [9.17, 15) is 21.6 Å². The topological polar surface area (TPSA) is 161 Å². The van der Waals surface area contributed by atoms with Gasteiger partial charge < -0.3 is 18.9 Å². The van der Waals surface area contributed by atoms with Crippen molar-refractivity contribution in [2.45, 2.75) is 32.4 Å². The van der Waals surface area contributed by atoms with Gasteiger partial charge in [0.05, 0.1) is 36.2 Å². The second-order valence-corrected chi connectivity index (χ2v) is 15.1. The zero-order valence-corrected chi connectivity index (χ0v) is 30.1. The Balaban J connectivity index is 0.000000184. The number of hydrogen-bond donors (Lipinski definition) is 1. The second kappa shape index (κ2) is 18.1. The molecule has 2 aliphatic heterocycles. The predicted molar refractivity (Wildman–Crippen MR) is 192 cm³/mol. The van der Waals surface area contributed by atoms with Crippen LogP contribution in [0.15, 0.2) is 109 Å². The third kappa shape index (κ3) is 11.0. The monoisotopic (exact) mass is 744 g/mol. The van der Waals surface area contributed by atoms with Gasteiger partial charge in [-0.15, -0.1) is 23.5 Å². The fourth-order valence-electron chi connectivity index (χ4n) is 4.35. The van der Waals surface area contributed by atoms with Crippen LogP contribution in [-0.2, 0) is 20.0 Å². The number of thioether (sulfide) groups is 2. The van der Waals surface area contributed by atoms with E-state index in [-0.39, 0.29) is 9.79 Å². The number of carbonyl (C=O) groups is 1. The molecule has 0 amide bonds. The number of nitrogens with two attached hydrogens (primary N) is 1. The first kappa shape index (κ1) is 37.8. The summed E-state index contributed by atoms with van der Waals surface area (Å²) >= 11 is 3.13. The van der Waals surface area contributed by atoms with Gasteiger partial charge >= 0.3 is 0 Å². The van der Waals surface area contributed by atoms with Crippen molar-refractivity contribution in [3.63, 3.8) is 0 Å². The molecule has 0 bridgehead atoms. The lowest BCUT2D eigenvalue weighted by molar-refractivity contribution is 0.112. The molecule has 2 heterocycles. The maximum atomic E-state index is 12.5. The van der Waals surface area contributed by atoms with Crippen molar-refractivity contribution >= 4 is 56.1 Å². The van der Waals surface area contributed by atoms with E-state index in [1.165, 1.54) is 30.5 Å². The van der Waals surface area contributed by atoms with Gasteiger partial charge in [-0.05, 0) is 48.9 Å². The zero-order valence-electron chi connectivity index (χ0n) is 26.8. The first-order valence-electron chi connectivity index (χ1n) is 14.9. The molecular formula is C34H36N2O9S4. The molecule has 11 nitrogen and oxygen atoms in total. The Morgan fingerprint density at radius 1 is 0.633 bits per heavy atom. The van der Waals surface area contributed by atoms with E-state index < -0.39 is 20.0 Å². The van der Waals surface area contributed by atoms with Crippen LogP contribution in [0.25, 0.3) is 0 Å². The highest BCUT2D eigenvalue weighted by molar-refractivity contribution is 7.99. The number of fused-ring (bicyclic) bond motifs is 2. The largest absolute Gasteiger partial charge is 0.490 e. The van der Waals surface area contributed by atoms with Gasteiger partial charge in [0.15, 0.2) is 29.3 Å². The quantitative estimate of drug-likeness (QED) is 0.132. The summed E-state index contributed by atoms with van der Waals surface area (Å²) in [4.78, 5) is 12.5. The molecule has 0 unspecified atom stereocenters. The third-order valence-corrected chi connectivity index (χ3v) is 10.6. The highest BCUT2D eigenvalue weighted by atomic mass is 32.2. The van der Waals surface area contributed by atoms with Crippen LogP contribution in [0, 0.1) is 0 Å². The molecular weight excluding hydrogens is 709 g/mol. The highest BCUT2D eigenvalue weighted by Crippen LogP contribution is 2.33. The van der Waals surface area contributed by atoms with E-state index in [4.69, 9.17) is 24.1 Å². The molecule has 0 saturated heterocycles. The number of benzene rings is 4. The van der Waals surface area contributed by atoms with Crippen molar-refractivity contribution in [2.75, 3.05) is 38.9 Å². The van der Waals surface area contributed by atoms with E-state index in [2.05, 4.69) is 4.40 Å². The van der Waals surface area contributed by atoms with E-state index in [1.54, 1.807) is 35.7 Å². The minimum Gasteiger partial charge on any atom is -0.490 e. The summed E-state index contributed by atoms with van der Waals surface area (Å²) < 4.78 is 72.7. The number of nitrogens with zero attached hydrogens (tertiary/aromatic N) is 1. The molecule has 49 heavy (non-hydrogen) atoms. The van der Waals surface area contributed by atoms with Gasteiger partial charge in [-0.1, -0.05) is 36.4 Å². The molecule has 260 valence electrons. The third-order valence-electron chi connectivity index (χ3n) is 6.80. The summed E-state index contributed by atoms with van der Waals surface area (Å²) in [6, 6.07) is 24.0. The Kier molecular flexibility index (Phi) is 14.0. The summed E-state index contributed by atoms with van der Waals surface area (Å²) in [5, 5.41) is 5.00. The van der Waals surface area contributed by atoms with Gasteiger partial charge in [0.25, 0.3) is 10.0 Å². The van der Waals surface area contributed by atoms with Gasteiger partial charge in [0.1, 0.15) is 0 Å². The number of sulfonamides is 2. The lowest BCUT2D eigenvalue weighted by Gasteiger charge is -2.08. The maximum Gasteiger partial charge on any atom is 0.282 e. The number of aldehydes is 1. The van der Waals surface area contributed by atoms with Crippen LogP contribution in [0.3, 0.4) is 0 Å². The lowest BCUT2D eigenvalue weighted by atomic mass is 10.2. The average molecular weight is 745 g/mol. The molecule has 0 spiro atoms. The van der Waals surface area contributed by atoms with Crippen LogP contribution in [0.1, 0.15) is 28.8 Å². The molecule has 0 saturated carbocycles. The molecule has 2 N–H and O–H groups in total. The van der Waals surface area contributed by atoms with Crippen LogP contribution in [-0.4, -0.2) is 68.3 Å². The molecule has 2 aliphatic rings. The first-order valence-corrected chi connectivity index (χ1v) is 20.3. The summed E-state index contributed by atoms with van der Waals surface area (Å²) in [5.41, 5.74) is 1.54. The maximum absolute atomic E-state index is 12.5. The van der Waals surface area contributed by atoms with Gasteiger partial charge in [-0.3, -0.25) is 4.79 Å². The van der Waals surface area contributed by atoms with Crippen molar-refractivity contribution < 1.29 is 40.6 Å². The Labute approximate surface area is 295 Å². The number of carbonyl (C=O) groups excluding carboxylic acids is 1. The molecule has 0 aromatic heterocycles. The molecule has 0 aliphatic carbocycles. The van der Waals surface area contributed by atoms with Crippen LogP contribution in [0.2, 0.25) is 0 Å². The average Bonchev–Trinajstić information content (AvgIpc) is 3.51. The Bertz CT molecular complexity index is 1990. The predicted octanol–water partition coefficient (Wildman–Crippen LogP) is 6.09. The lowest BCUT2D eigenvalue weighted by Crippen LogP contribution is -2.12. The van der Waals surface area contributed by atoms with Crippen LogP contribution < -0.4 is 24.1 Å². The van der Waals surface area contributed by atoms with Gasteiger partial charge in [-0.25, -0.2) is 13.6 Å². The Morgan fingerprint density at radius 2 is 1.08 bits per heavy atom. The van der Waals surface area contributed by atoms with Crippen LogP contribution in [0.5, 0.6) is 23.0 Å². The van der Waals surface area contributed by atoms with Crippen molar-refractivity contribution in [3.05, 3.63) is 96.1 Å². The van der Waals surface area contributed by atoms with Gasteiger partial charge in [-0.2, -0.15) is 12.8 Å². The van der Waals surface area contributed by atoms with E-state index in [1.807, 2.05) is 61.0 Å². The molecule has 4 aromatic carbocycles. The normalized spacial score (nSPS) is 13.9. The minimum absolute atomic E-state index is 0.0340. The summed E-state index contributed by atoms with van der Waals surface area (Å²) in [7, 11) is -7.49. The van der Waals surface area contributed by atoms with Crippen molar-refractivity contribution in [3.8, 4) is 23.0 Å². The minimum atomic E-state index is -3.80.